The van der Waals surface area contributed by atoms with Crippen LogP contribution in [-0.2, 0) is 15.0 Å². The van der Waals surface area contributed by atoms with Crippen LogP contribution in [0, 0.1) is 5.92 Å². The van der Waals surface area contributed by atoms with Gasteiger partial charge in [-0.05, 0) is 55.5 Å². The number of nitrogens with one attached hydrogen (secondary N) is 1. The molecule has 0 spiro atoms. The van der Waals surface area contributed by atoms with Crippen molar-refractivity contribution >= 4 is 33.4 Å². The number of hydrogen-bond donors (Lipinski definition) is 1. The lowest BCUT2D eigenvalue weighted by atomic mass is 9.91. The fourth-order valence-corrected chi connectivity index (χ4v) is 4.20. The molecule has 1 aliphatic carbocycles. The number of benzene rings is 2. The maximum Gasteiger partial charge on any atom is 0.233 e. The van der Waals surface area contributed by atoms with Crippen molar-refractivity contribution in [1.29, 1.82) is 0 Å². The molecule has 1 aliphatic heterocycles. The van der Waals surface area contributed by atoms with Gasteiger partial charge in [0.15, 0.2) is 0 Å². The third-order valence-electron chi connectivity index (χ3n) is 5.75. The number of halogens is 1. The minimum atomic E-state index is -0.333. The highest BCUT2D eigenvalue weighted by atomic mass is 79.9. The molecule has 2 aromatic rings. The summed E-state index contributed by atoms with van der Waals surface area (Å²) in [6.07, 6.45) is 3.28. The van der Waals surface area contributed by atoms with Crippen LogP contribution < -0.4 is 5.32 Å². The fraction of sp³-hybridized carbons (Fsp3) is 0.364. The van der Waals surface area contributed by atoms with E-state index in [4.69, 9.17) is 0 Å². The Morgan fingerprint density at radius 1 is 0.963 bits per heavy atom. The Morgan fingerprint density at radius 3 is 2.19 bits per heavy atom. The zero-order valence-corrected chi connectivity index (χ0v) is 16.7. The topological polar surface area (TPSA) is 49.4 Å². The fourth-order valence-electron chi connectivity index (χ4n) is 3.93. The second kappa shape index (κ2) is 7.47. The van der Waals surface area contributed by atoms with E-state index in [0.717, 1.165) is 41.4 Å². The van der Waals surface area contributed by atoms with Gasteiger partial charge >= 0.3 is 0 Å². The number of likely N-dealkylation sites (tertiary alicyclic amines) is 1. The minimum absolute atomic E-state index is 0.0305. The molecule has 1 heterocycles. The van der Waals surface area contributed by atoms with Crippen LogP contribution in [-0.4, -0.2) is 29.8 Å². The van der Waals surface area contributed by atoms with E-state index in [-0.39, 0.29) is 23.1 Å². The van der Waals surface area contributed by atoms with Crippen molar-refractivity contribution in [3.63, 3.8) is 0 Å². The van der Waals surface area contributed by atoms with E-state index in [0.29, 0.717) is 13.1 Å². The first-order valence-corrected chi connectivity index (χ1v) is 10.3. The first-order chi connectivity index (χ1) is 13.1. The molecule has 4 rings (SSSR count). The number of carbonyl (C=O) groups is 2. The summed E-state index contributed by atoms with van der Waals surface area (Å²) >= 11 is 3.46. The third-order valence-corrected chi connectivity index (χ3v) is 6.28. The van der Waals surface area contributed by atoms with E-state index in [1.807, 2.05) is 47.4 Å². The highest BCUT2D eigenvalue weighted by Gasteiger charge is 2.53. The molecular formula is C22H23BrN2O2. The maximum atomic E-state index is 13.1. The summed E-state index contributed by atoms with van der Waals surface area (Å²) in [7, 11) is 0. The monoisotopic (exact) mass is 426 g/mol. The Hall–Kier alpha value is -2.14. The van der Waals surface area contributed by atoms with Crippen molar-refractivity contribution in [1.82, 2.24) is 4.90 Å². The van der Waals surface area contributed by atoms with Gasteiger partial charge in [-0.15, -0.1) is 0 Å². The summed E-state index contributed by atoms with van der Waals surface area (Å²) in [5.74, 6) is 0.256. The molecule has 27 heavy (non-hydrogen) atoms. The Bertz CT molecular complexity index is 823. The van der Waals surface area contributed by atoms with Crippen molar-refractivity contribution in [3.05, 3.63) is 64.6 Å². The first kappa shape index (κ1) is 18.2. The smallest absolute Gasteiger partial charge is 0.233 e. The molecule has 0 bridgehead atoms. The molecule has 0 radical (unpaired) electrons. The molecule has 2 aliphatic rings. The summed E-state index contributed by atoms with van der Waals surface area (Å²) in [6, 6.07) is 17.6. The van der Waals surface area contributed by atoms with Crippen molar-refractivity contribution in [3.8, 4) is 0 Å². The lowest BCUT2D eigenvalue weighted by molar-refractivity contribution is -0.137. The largest absolute Gasteiger partial charge is 0.342 e. The van der Waals surface area contributed by atoms with Gasteiger partial charge in [0, 0.05) is 29.2 Å². The lowest BCUT2D eigenvalue weighted by Crippen LogP contribution is -2.45. The lowest BCUT2D eigenvalue weighted by Gasteiger charge is -2.34. The van der Waals surface area contributed by atoms with E-state index in [2.05, 4.69) is 33.4 Å². The number of anilines is 1. The number of rotatable bonds is 4. The van der Waals surface area contributed by atoms with Crippen LogP contribution >= 0.6 is 15.9 Å². The van der Waals surface area contributed by atoms with Crippen molar-refractivity contribution in [2.75, 3.05) is 18.4 Å². The second-order valence-corrected chi connectivity index (χ2v) is 8.43. The van der Waals surface area contributed by atoms with Crippen LogP contribution in [0.25, 0.3) is 0 Å². The summed E-state index contributed by atoms with van der Waals surface area (Å²) in [5, 5.41) is 2.98. The first-order valence-electron chi connectivity index (χ1n) is 9.50. The van der Waals surface area contributed by atoms with E-state index < -0.39 is 0 Å². The molecule has 2 fully saturated rings. The number of para-hydroxylation sites is 1. The number of piperidine rings is 1. The van der Waals surface area contributed by atoms with E-state index in [9.17, 15) is 9.59 Å². The Labute approximate surface area is 168 Å². The van der Waals surface area contributed by atoms with Gasteiger partial charge in [-0.1, -0.05) is 46.3 Å². The summed E-state index contributed by atoms with van der Waals surface area (Å²) < 4.78 is 1.03. The molecular weight excluding hydrogens is 404 g/mol. The van der Waals surface area contributed by atoms with Gasteiger partial charge in [-0.2, -0.15) is 0 Å². The summed E-state index contributed by atoms with van der Waals surface area (Å²) in [6.45, 7) is 1.31. The Morgan fingerprint density at radius 2 is 1.59 bits per heavy atom. The second-order valence-electron chi connectivity index (χ2n) is 7.51. The molecule has 2 amide bonds. The number of nitrogens with zero attached hydrogens (tertiary/aromatic N) is 1. The van der Waals surface area contributed by atoms with E-state index in [1.54, 1.807) is 0 Å². The number of amides is 2. The predicted molar refractivity (Wildman–Crippen MR) is 109 cm³/mol. The van der Waals surface area contributed by atoms with E-state index in [1.165, 1.54) is 0 Å². The predicted octanol–water partition coefficient (Wildman–Crippen LogP) is 4.36. The zero-order valence-electron chi connectivity index (χ0n) is 15.2. The Balaban J connectivity index is 1.36. The summed E-state index contributed by atoms with van der Waals surface area (Å²) in [4.78, 5) is 27.6. The average molecular weight is 427 g/mol. The number of carbonyl (C=O) groups excluding carboxylic acids is 2. The minimum Gasteiger partial charge on any atom is -0.342 e. The van der Waals surface area contributed by atoms with E-state index >= 15 is 0 Å². The van der Waals surface area contributed by atoms with Crippen molar-refractivity contribution in [2.24, 2.45) is 5.92 Å². The maximum absolute atomic E-state index is 13.1. The van der Waals surface area contributed by atoms with Gasteiger partial charge in [-0.3, -0.25) is 9.59 Å². The van der Waals surface area contributed by atoms with Crippen molar-refractivity contribution in [2.45, 2.75) is 31.1 Å². The zero-order chi connectivity index (χ0) is 18.9. The highest BCUT2D eigenvalue weighted by molar-refractivity contribution is 9.10. The quantitative estimate of drug-likeness (QED) is 0.789. The molecule has 1 N–H and O–H groups in total. The summed E-state index contributed by atoms with van der Waals surface area (Å²) in [5.41, 5.74) is 1.60. The highest BCUT2D eigenvalue weighted by Crippen LogP contribution is 2.50. The molecule has 0 atom stereocenters. The third kappa shape index (κ3) is 3.79. The van der Waals surface area contributed by atoms with Crippen LogP contribution in [0.1, 0.15) is 31.2 Å². The molecule has 140 valence electrons. The van der Waals surface area contributed by atoms with Crippen LogP contribution in [0.4, 0.5) is 5.69 Å². The molecule has 1 saturated carbocycles. The Kier molecular flexibility index (Phi) is 5.04. The van der Waals surface area contributed by atoms with Gasteiger partial charge in [0.1, 0.15) is 0 Å². The van der Waals surface area contributed by atoms with Gasteiger partial charge in [0.2, 0.25) is 11.8 Å². The van der Waals surface area contributed by atoms with Crippen LogP contribution in [0.5, 0.6) is 0 Å². The molecule has 5 heteroatoms. The van der Waals surface area contributed by atoms with Crippen molar-refractivity contribution < 1.29 is 9.59 Å². The van der Waals surface area contributed by atoms with Gasteiger partial charge < -0.3 is 10.2 Å². The SMILES string of the molecule is O=C(Nc1ccccc1)C1CCN(C(=O)C2(c3ccc(Br)cc3)CC2)CC1. The molecule has 4 nitrogen and oxygen atoms in total. The normalized spacial score (nSPS) is 18.8. The van der Waals surface area contributed by atoms with Crippen LogP contribution in [0.2, 0.25) is 0 Å². The van der Waals surface area contributed by atoms with Gasteiger partial charge in [0.05, 0.1) is 5.41 Å². The molecule has 0 aromatic heterocycles. The average Bonchev–Trinajstić information content (AvgIpc) is 3.51. The molecule has 1 saturated heterocycles. The number of hydrogen-bond acceptors (Lipinski definition) is 2. The van der Waals surface area contributed by atoms with Gasteiger partial charge in [-0.25, -0.2) is 0 Å². The molecule has 0 unspecified atom stereocenters. The molecule has 2 aromatic carbocycles. The van der Waals surface area contributed by atoms with Crippen LogP contribution in [0.15, 0.2) is 59.1 Å². The van der Waals surface area contributed by atoms with Gasteiger partial charge in [0.25, 0.3) is 0 Å². The van der Waals surface area contributed by atoms with Crippen LogP contribution in [0.3, 0.4) is 0 Å². The standard InChI is InChI=1S/C22H23BrN2O2/c23-18-8-6-17(7-9-18)22(12-13-22)21(27)25-14-10-16(11-15-25)20(26)24-19-4-2-1-3-5-19/h1-9,16H,10-15H2,(H,24,26).